The van der Waals surface area contributed by atoms with Gasteiger partial charge in [-0.1, -0.05) is 6.08 Å². The Morgan fingerprint density at radius 2 is 2.44 bits per heavy atom. The maximum Gasteiger partial charge on any atom is 0.0707 e. The Labute approximate surface area is 55.6 Å². The molecule has 0 radical (unpaired) electrons. The maximum atomic E-state index is 9.21. The minimum Gasteiger partial charge on any atom is -0.391 e. The average molecular weight is 127 g/mol. The van der Waals surface area contributed by atoms with Crippen LogP contribution in [-0.2, 0) is 0 Å². The number of β-amino-alcohol motifs (C(OH)–C–C–N with tert-alkyl or cyclic N) is 1. The fraction of sp³-hybridized carbons (Fsp3) is 0.714. The summed E-state index contributed by atoms with van der Waals surface area (Å²) in [6, 6.07) is 0. The van der Waals surface area contributed by atoms with Gasteiger partial charge in [0.1, 0.15) is 0 Å². The van der Waals surface area contributed by atoms with Crippen LogP contribution in [0.2, 0.25) is 0 Å². The molecule has 2 heteroatoms. The topological polar surface area (TPSA) is 32.3 Å². The molecule has 0 spiro atoms. The fourth-order valence-corrected chi connectivity index (χ4v) is 1.17. The number of aliphatic hydroxyl groups excluding tert-OH is 1. The van der Waals surface area contributed by atoms with Gasteiger partial charge in [0, 0.05) is 19.0 Å². The molecule has 0 amide bonds. The quantitative estimate of drug-likeness (QED) is 0.517. The lowest BCUT2D eigenvalue weighted by Gasteiger charge is -2.08. The van der Waals surface area contributed by atoms with Crippen molar-refractivity contribution in [3.05, 3.63) is 12.7 Å². The van der Waals surface area contributed by atoms with Gasteiger partial charge in [-0.25, -0.2) is 0 Å². The Morgan fingerprint density at radius 1 is 1.67 bits per heavy atom. The molecule has 0 aromatic carbocycles. The zero-order chi connectivity index (χ0) is 6.69. The Hall–Kier alpha value is -0.340. The van der Waals surface area contributed by atoms with Crippen molar-refractivity contribution >= 4 is 0 Å². The summed E-state index contributed by atoms with van der Waals surface area (Å²) >= 11 is 0. The predicted molar refractivity (Wildman–Crippen MR) is 37.2 cm³/mol. The average Bonchev–Trinajstić information content (AvgIpc) is 2.18. The maximum absolute atomic E-state index is 9.21. The van der Waals surface area contributed by atoms with Gasteiger partial charge in [-0.3, -0.25) is 0 Å². The molecule has 2 nitrogen and oxygen atoms in total. The summed E-state index contributed by atoms with van der Waals surface area (Å²) in [5.41, 5.74) is 0. The van der Waals surface area contributed by atoms with Crippen LogP contribution in [-0.4, -0.2) is 24.3 Å². The van der Waals surface area contributed by atoms with E-state index in [4.69, 9.17) is 0 Å². The van der Waals surface area contributed by atoms with Crippen molar-refractivity contribution in [3.63, 3.8) is 0 Å². The summed E-state index contributed by atoms with van der Waals surface area (Å²) in [5.74, 6) is 0.405. The third-order valence-electron chi connectivity index (χ3n) is 1.77. The second-order valence-electron chi connectivity index (χ2n) is 2.51. The molecular weight excluding hydrogens is 114 g/mol. The zero-order valence-corrected chi connectivity index (χ0v) is 5.51. The monoisotopic (exact) mass is 127 g/mol. The van der Waals surface area contributed by atoms with Crippen LogP contribution < -0.4 is 5.32 Å². The number of hydrogen-bond donors (Lipinski definition) is 2. The Bertz CT molecular complexity index is 103. The molecule has 1 rings (SSSR count). The molecule has 52 valence electrons. The molecule has 0 saturated carbocycles. The number of hydrogen-bond acceptors (Lipinski definition) is 2. The first kappa shape index (κ1) is 6.78. The van der Waals surface area contributed by atoms with Crippen LogP contribution in [0.1, 0.15) is 6.42 Å². The smallest absolute Gasteiger partial charge is 0.0707 e. The number of rotatable bonds is 2. The molecule has 0 aromatic rings. The van der Waals surface area contributed by atoms with Crippen molar-refractivity contribution in [2.24, 2.45) is 5.92 Å². The third-order valence-corrected chi connectivity index (χ3v) is 1.77. The normalized spacial score (nSPS) is 34.8. The summed E-state index contributed by atoms with van der Waals surface area (Å²) in [6.45, 7) is 5.31. The van der Waals surface area contributed by atoms with Crippen LogP contribution in [0.15, 0.2) is 12.7 Å². The summed E-state index contributed by atoms with van der Waals surface area (Å²) < 4.78 is 0. The summed E-state index contributed by atoms with van der Waals surface area (Å²) in [7, 11) is 0. The Balaban J connectivity index is 2.30. The number of aliphatic hydroxyl groups is 1. The van der Waals surface area contributed by atoms with Crippen LogP contribution in [0.25, 0.3) is 0 Å². The molecular formula is C7H13NO. The Kier molecular flexibility index (Phi) is 2.25. The molecule has 1 fully saturated rings. The van der Waals surface area contributed by atoms with Crippen molar-refractivity contribution in [3.8, 4) is 0 Å². The van der Waals surface area contributed by atoms with Gasteiger partial charge in [-0.05, 0) is 6.42 Å². The van der Waals surface area contributed by atoms with Gasteiger partial charge in [-0.2, -0.15) is 0 Å². The van der Waals surface area contributed by atoms with E-state index in [0.29, 0.717) is 5.92 Å². The third kappa shape index (κ3) is 1.53. The Morgan fingerprint density at radius 3 is 2.89 bits per heavy atom. The summed E-state index contributed by atoms with van der Waals surface area (Å²) in [5, 5.41) is 12.3. The van der Waals surface area contributed by atoms with Crippen LogP contribution in [0.5, 0.6) is 0 Å². The lowest BCUT2D eigenvalue weighted by atomic mass is 10.0. The molecule has 9 heavy (non-hydrogen) atoms. The highest BCUT2D eigenvalue weighted by Gasteiger charge is 2.22. The molecule has 1 saturated heterocycles. The molecule has 2 N–H and O–H groups in total. The molecule has 0 aromatic heterocycles. The number of allylic oxidation sites excluding steroid dienone is 1. The van der Waals surface area contributed by atoms with E-state index in [1.165, 1.54) is 0 Å². The van der Waals surface area contributed by atoms with Crippen molar-refractivity contribution in [2.75, 3.05) is 13.1 Å². The van der Waals surface area contributed by atoms with E-state index in [-0.39, 0.29) is 6.10 Å². The highest BCUT2D eigenvalue weighted by atomic mass is 16.3. The lowest BCUT2D eigenvalue weighted by molar-refractivity contribution is 0.149. The van der Waals surface area contributed by atoms with Crippen molar-refractivity contribution in [1.29, 1.82) is 0 Å². The van der Waals surface area contributed by atoms with Crippen molar-refractivity contribution in [1.82, 2.24) is 5.32 Å². The van der Waals surface area contributed by atoms with Gasteiger partial charge in [0.2, 0.25) is 0 Å². The van der Waals surface area contributed by atoms with E-state index in [1.807, 2.05) is 6.08 Å². The van der Waals surface area contributed by atoms with Gasteiger partial charge in [0.25, 0.3) is 0 Å². The van der Waals surface area contributed by atoms with Crippen LogP contribution in [0, 0.1) is 5.92 Å². The van der Waals surface area contributed by atoms with E-state index in [9.17, 15) is 5.11 Å². The molecule has 0 bridgehead atoms. The minimum atomic E-state index is -0.150. The molecule has 1 heterocycles. The molecule has 0 aliphatic carbocycles. The second kappa shape index (κ2) is 2.99. The summed E-state index contributed by atoms with van der Waals surface area (Å²) in [6.07, 6.45) is 2.64. The van der Waals surface area contributed by atoms with Gasteiger partial charge in [0.15, 0.2) is 0 Å². The van der Waals surface area contributed by atoms with Crippen LogP contribution in [0.4, 0.5) is 0 Å². The van der Waals surface area contributed by atoms with E-state index in [0.717, 1.165) is 19.5 Å². The molecule has 1 aliphatic heterocycles. The van der Waals surface area contributed by atoms with Gasteiger partial charge < -0.3 is 10.4 Å². The fourth-order valence-electron chi connectivity index (χ4n) is 1.17. The van der Waals surface area contributed by atoms with E-state index in [1.54, 1.807) is 0 Å². The largest absolute Gasteiger partial charge is 0.391 e. The number of nitrogens with one attached hydrogen (secondary N) is 1. The molecule has 2 unspecified atom stereocenters. The van der Waals surface area contributed by atoms with Gasteiger partial charge >= 0.3 is 0 Å². The first-order chi connectivity index (χ1) is 4.34. The molecule has 1 aliphatic rings. The standard InChI is InChI=1S/C7H13NO/c1-2-3-6-4-8-5-7(6)9/h2,6-9H,1,3-5H2. The first-order valence-corrected chi connectivity index (χ1v) is 3.34. The zero-order valence-electron chi connectivity index (χ0n) is 5.51. The molecule has 2 atom stereocenters. The van der Waals surface area contributed by atoms with E-state index in [2.05, 4.69) is 11.9 Å². The van der Waals surface area contributed by atoms with Gasteiger partial charge in [0.05, 0.1) is 6.10 Å². The second-order valence-corrected chi connectivity index (χ2v) is 2.51. The highest BCUT2D eigenvalue weighted by molar-refractivity contribution is 4.85. The van der Waals surface area contributed by atoms with E-state index >= 15 is 0 Å². The highest BCUT2D eigenvalue weighted by Crippen LogP contribution is 2.12. The van der Waals surface area contributed by atoms with Crippen LogP contribution >= 0.6 is 0 Å². The minimum absolute atomic E-state index is 0.150. The SMILES string of the molecule is C=CCC1CNCC1O. The lowest BCUT2D eigenvalue weighted by Crippen LogP contribution is -2.16. The summed E-state index contributed by atoms with van der Waals surface area (Å²) in [4.78, 5) is 0. The van der Waals surface area contributed by atoms with Gasteiger partial charge in [-0.15, -0.1) is 6.58 Å². The van der Waals surface area contributed by atoms with Crippen molar-refractivity contribution < 1.29 is 5.11 Å². The van der Waals surface area contributed by atoms with Crippen LogP contribution in [0.3, 0.4) is 0 Å². The first-order valence-electron chi connectivity index (χ1n) is 3.34. The predicted octanol–water partition coefficient (Wildman–Crippen LogP) is 0.143. The van der Waals surface area contributed by atoms with E-state index < -0.39 is 0 Å². The van der Waals surface area contributed by atoms with Crippen molar-refractivity contribution in [2.45, 2.75) is 12.5 Å².